The van der Waals surface area contributed by atoms with Gasteiger partial charge in [-0.2, -0.15) is 5.10 Å². The van der Waals surface area contributed by atoms with Gasteiger partial charge in [0.15, 0.2) is 5.96 Å². The van der Waals surface area contributed by atoms with E-state index in [0.717, 1.165) is 37.6 Å². The third kappa shape index (κ3) is 5.62. The lowest BCUT2D eigenvalue weighted by molar-refractivity contribution is 0.472. The minimum atomic E-state index is 0.422. The second kappa shape index (κ2) is 9.25. The Morgan fingerprint density at radius 1 is 1.28 bits per heavy atom. The zero-order chi connectivity index (χ0) is 18.2. The second-order valence-corrected chi connectivity index (χ2v) is 6.79. The largest absolute Gasteiger partial charge is 0.356 e. The number of guanidine groups is 1. The van der Waals surface area contributed by atoms with E-state index in [0.29, 0.717) is 5.92 Å². The molecule has 0 bridgehead atoms. The number of nitrogens with one attached hydrogen (secondary N) is 1. The van der Waals surface area contributed by atoms with E-state index in [2.05, 4.69) is 77.7 Å². The van der Waals surface area contributed by atoms with Crippen LogP contribution in [0, 0.1) is 0 Å². The molecule has 136 valence electrons. The molecule has 0 atom stereocenters. The van der Waals surface area contributed by atoms with Gasteiger partial charge in [0.05, 0.1) is 5.69 Å². The Labute approximate surface area is 151 Å². The summed E-state index contributed by atoms with van der Waals surface area (Å²) in [6.45, 7) is 6.08. The summed E-state index contributed by atoms with van der Waals surface area (Å²) in [5.74, 6) is 1.34. The van der Waals surface area contributed by atoms with Gasteiger partial charge in [-0.25, -0.2) is 0 Å². The number of aryl methyl sites for hydroxylation is 2. The Balaban J connectivity index is 1.85. The first-order valence-electron chi connectivity index (χ1n) is 8.99. The number of hydrogen-bond donors (Lipinski definition) is 1. The van der Waals surface area contributed by atoms with Crippen LogP contribution in [-0.4, -0.2) is 41.3 Å². The highest BCUT2D eigenvalue weighted by Gasteiger charge is 2.14. The quantitative estimate of drug-likeness (QED) is 0.478. The summed E-state index contributed by atoms with van der Waals surface area (Å²) in [5, 5.41) is 8.05. The van der Waals surface area contributed by atoms with Crippen molar-refractivity contribution < 1.29 is 0 Å². The van der Waals surface area contributed by atoms with E-state index < -0.39 is 0 Å². The van der Waals surface area contributed by atoms with Crippen LogP contribution >= 0.6 is 0 Å². The lowest BCUT2D eigenvalue weighted by Crippen LogP contribution is -2.39. The lowest BCUT2D eigenvalue weighted by atomic mass is 10.1. The summed E-state index contributed by atoms with van der Waals surface area (Å²) >= 11 is 0. The highest BCUT2D eigenvalue weighted by molar-refractivity contribution is 5.79. The van der Waals surface area contributed by atoms with E-state index in [1.54, 1.807) is 0 Å². The van der Waals surface area contributed by atoms with Crippen LogP contribution in [-0.2, 0) is 20.0 Å². The van der Waals surface area contributed by atoms with E-state index in [1.165, 1.54) is 11.1 Å². The van der Waals surface area contributed by atoms with Crippen LogP contribution in [0.4, 0.5) is 0 Å². The molecule has 0 aliphatic carbocycles. The molecule has 0 unspecified atom stereocenters. The first-order chi connectivity index (χ1) is 12.0. The zero-order valence-corrected chi connectivity index (χ0v) is 16.2. The topological polar surface area (TPSA) is 45.5 Å². The van der Waals surface area contributed by atoms with E-state index in [-0.39, 0.29) is 0 Å². The minimum absolute atomic E-state index is 0.422. The molecule has 0 aliphatic heterocycles. The zero-order valence-electron chi connectivity index (χ0n) is 16.2. The lowest BCUT2D eigenvalue weighted by Gasteiger charge is -2.22. The Morgan fingerprint density at radius 2 is 2.00 bits per heavy atom. The number of aromatic nitrogens is 2. The summed E-state index contributed by atoms with van der Waals surface area (Å²) in [7, 11) is 5.89. The van der Waals surface area contributed by atoms with E-state index in [1.807, 2.05) is 18.8 Å². The average molecular weight is 342 g/mol. The first-order valence-corrected chi connectivity index (χ1v) is 8.99. The van der Waals surface area contributed by atoms with Crippen molar-refractivity contribution in [2.24, 2.45) is 12.0 Å². The number of nitrogens with zero attached hydrogens (tertiary/aromatic N) is 4. The predicted octanol–water partition coefficient (Wildman–Crippen LogP) is 3.18. The molecule has 0 radical (unpaired) electrons. The van der Waals surface area contributed by atoms with Crippen LogP contribution in [0.3, 0.4) is 0 Å². The fourth-order valence-electron chi connectivity index (χ4n) is 3.02. The maximum Gasteiger partial charge on any atom is 0.193 e. The summed E-state index contributed by atoms with van der Waals surface area (Å²) in [4.78, 5) is 6.57. The first kappa shape index (κ1) is 19.0. The molecule has 0 aliphatic rings. The summed E-state index contributed by atoms with van der Waals surface area (Å²) in [6.07, 6.45) is 4.27. The van der Waals surface area contributed by atoms with Crippen molar-refractivity contribution in [3.8, 4) is 0 Å². The van der Waals surface area contributed by atoms with E-state index in [9.17, 15) is 0 Å². The molecule has 0 saturated carbocycles. The molecule has 0 saturated heterocycles. The van der Waals surface area contributed by atoms with Crippen molar-refractivity contribution in [1.29, 1.82) is 0 Å². The molecule has 5 nitrogen and oxygen atoms in total. The van der Waals surface area contributed by atoms with Crippen molar-refractivity contribution in [2.45, 2.75) is 39.2 Å². The molecule has 0 spiro atoms. The van der Waals surface area contributed by atoms with Crippen LogP contribution in [0.25, 0.3) is 0 Å². The molecule has 1 N–H and O–H groups in total. The SMILES string of the molecule is CN=C(NCCCc1ccccc1)N(C)Cc1cn(C)nc1C(C)C. The summed E-state index contributed by atoms with van der Waals surface area (Å²) < 4.78 is 1.90. The van der Waals surface area contributed by atoms with Crippen LogP contribution in [0.5, 0.6) is 0 Å². The molecular weight excluding hydrogens is 310 g/mol. The average Bonchev–Trinajstić information content (AvgIpc) is 2.96. The molecule has 0 fully saturated rings. The van der Waals surface area contributed by atoms with Crippen molar-refractivity contribution in [1.82, 2.24) is 20.0 Å². The monoisotopic (exact) mass is 341 g/mol. The van der Waals surface area contributed by atoms with Gasteiger partial charge in [0.2, 0.25) is 0 Å². The minimum Gasteiger partial charge on any atom is -0.356 e. The van der Waals surface area contributed by atoms with Gasteiger partial charge in [-0.05, 0) is 24.3 Å². The van der Waals surface area contributed by atoms with Crippen molar-refractivity contribution in [2.75, 3.05) is 20.6 Å². The van der Waals surface area contributed by atoms with E-state index in [4.69, 9.17) is 0 Å². The molecule has 25 heavy (non-hydrogen) atoms. The van der Waals surface area contributed by atoms with Gasteiger partial charge < -0.3 is 10.2 Å². The highest BCUT2D eigenvalue weighted by atomic mass is 15.3. The van der Waals surface area contributed by atoms with Gasteiger partial charge in [-0.3, -0.25) is 9.67 Å². The highest BCUT2D eigenvalue weighted by Crippen LogP contribution is 2.18. The molecule has 1 aromatic heterocycles. The third-order valence-electron chi connectivity index (χ3n) is 4.23. The normalized spacial score (nSPS) is 11.8. The van der Waals surface area contributed by atoms with E-state index >= 15 is 0 Å². The van der Waals surface area contributed by atoms with Gasteiger partial charge >= 0.3 is 0 Å². The van der Waals surface area contributed by atoms with Gasteiger partial charge in [0, 0.05) is 46.0 Å². The van der Waals surface area contributed by atoms with Crippen LogP contribution in [0.15, 0.2) is 41.5 Å². The molecule has 2 aromatic rings. The van der Waals surface area contributed by atoms with Crippen LogP contribution in [0.2, 0.25) is 0 Å². The number of rotatable bonds is 7. The number of benzene rings is 1. The molecular formula is C20H31N5. The Morgan fingerprint density at radius 3 is 2.64 bits per heavy atom. The summed E-state index contributed by atoms with van der Waals surface area (Å²) in [6, 6.07) is 10.6. The number of hydrogen-bond acceptors (Lipinski definition) is 2. The maximum atomic E-state index is 4.59. The van der Waals surface area contributed by atoms with Gasteiger partial charge in [0.25, 0.3) is 0 Å². The maximum absolute atomic E-state index is 4.59. The molecule has 1 heterocycles. The van der Waals surface area contributed by atoms with Crippen LogP contribution < -0.4 is 5.32 Å². The molecule has 0 amide bonds. The fraction of sp³-hybridized carbons (Fsp3) is 0.500. The molecule has 2 rings (SSSR count). The summed E-state index contributed by atoms with van der Waals surface area (Å²) in [5.41, 5.74) is 3.80. The van der Waals surface area contributed by atoms with Gasteiger partial charge in [-0.1, -0.05) is 44.2 Å². The molecule has 1 aromatic carbocycles. The van der Waals surface area contributed by atoms with Crippen molar-refractivity contribution in [3.05, 3.63) is 53.3 Å². The van der Waals surface area contributed by atoms with Crippen molar-refractivity contribution >= 4 is 5.96 Å². The Hall–Kier alpha value is -2.30. The van der Waals surface area contributed by atoms with Crippen molar-refractivity contribution in [3.63, 3.8) is 0 Å². The number of aliphatic imine (C=N–C) groups is 1. The Bertz CT molecular complexity index is 673. The van der Waals surface area contributed by atoms with Gasteiger partial charge in [-0.15, -0.1) is 0 Å². The Kier molecular flexibility index (Phi) is 7.04. The second-order valence-electron chi connectivity index (χ2n) is 6.79. The standard InChI is InChI=1S/C20H31N5/c1-16(2)19-18(15-25(5)23-19)14-24(4)20(21-3)22-13-9-12-17-10-7-6-8-11-17/h6-8,10-11,15-16H,9,12-14H2,1-5H3,(H,21,22). The third-order valence-corrected chi connectivity index (χ3v) is 4.23. The predicted molar refractivity (Wildman–Crippen MR) is 105 cm³/mol. The van der Waals surface area contributed by atoms with Gasteiger partial charge in [0.1, 0.15) is 0 Å². The smallest absolute Gasteiger partial charge is 0.193 e. The van der Waals surface area contributed by atoms with Crippen LogP contribution in [0.1, 0.15) is 43.0 Å². The fourth-order valence-corrected chi connectivity index (χ4v) is 3.02. The molecule has 5 heteroatoms.